The van der Waals surface area contributed by atoms with E-state index in [4.69, 9.17) is 5.73 Å². The van der Waals surface area contributed by atoms with E-state index in [1.807, 2.05) is 0 Å². The predicted molar refractivity (Wildman–Crippen MR) is 80.2 cm³/mol. The Balaban J connectivity index is 1.69. The highest BCUT2D eigenvalue weighted by molar-refractivity contribution is 4.96. The zero-order valence-corrected chi connectivity index (χ0v) is 12.8. The highest BCUT2D eigenvalue weighted by Gasteiger charge is 2.38. The molecule has 2 heterocycles. The third kappa shape index (κ3) is 2.98. The molecule has 1 aliphatic carbocycles. The summed E-state index contributed by atoms with van der Waals surface area (Å²) in [4.78, 5) is 5.47. The number of nitrogens with zero attached hydrogens (tertiary/aromatic N) is 2. The highest BCUT2D eigenvalue weighted by Crippen LogP contribution is 2.37. The van der Waals surface area contributed by atoms with Crippen LogP contribution in [0.5, 0.6) is 0 Å². The largest absolute Gasteiger partial charge is 0.326 e. The van der Waals surface area contributed by atoms with E-state index < -0.39 is 0 Å². The number of rotatable bonds is 1. The fraction of sp³-hybridized carbons (Fsp3) is 1.00. The summed E-state index contributed by atoms with van der Waals surface area (Å²) in [7, 11) is 0. The van der Waals surface area contributed by atoms with Crippen molar-refractivity contribution in [1.29, 1.82) is 0 Å². The SMILES string of the molecule is CC1(C)CCC(N)C(N2CCCN3CCCC3C2)C1. The maximum atomic E-state index is 6.46. The van der Waals surface area contributed by atoms with E-state index in [0.29, 0.717) is 17.5 Å². The molecule has 0 bridgehead atoms. The first kappa shape index (κ1) is 13.8. The van der Waals surface area contributed by atoms with Gasteiger partial charge in [0.05, 0.1) is 0 Å². The lowest BCUT2D eigenvalue weighted by atomic mass is 9.72. The maximum absolute atomic E-state index is 6.46. The van der Waals surface area contributed by atoms with E-state index >= 15 is 0 Å². The average Bonchev–Trinajstić information content (AvgIpc) is 2.70. The Labute approximate surface area is 118 Å². The van der Waals surface area contributed by atoms with Crippen molar-refractivity contribution in [3.8, 4) is 0 Å². The number of fused-ring (bicyclic) bond motifs is 1. The number of nitrogens with two attached hydrogens (primary N) is 1. The standard InChI is InChI=1S/C16H31N3/c1-16(2)7-6-14(17)15(11-16)19-10-4-9-18-8-3-5-13(18)12-19/h13-15H,3-12,17H2,1-2H3. The summed E-state index contributed by atoms with van der Waals surface area (Å²) >= 11 is 0. The van der Waals surface area contributed by atoms with E-state index in [0.717, 1.165) is 6.04 Å². The van der Waals surface area contributed by atoms with Gasteiger partial charge in [-0.25, -0.2) is 0 Å². The van der Waals surface area contributed by atoms with Crippen molar-refractivity contribution in [2.45, 2.75) is 70.5 Å². The summed E-state index contributed by atoms with van der Waals surface area (Å²) in [5.41, 5.74) is 6.95. The summed E-state index contributed by atoms with van der Waals surface area (Å²) in [6.07, 6.45) is 7.94. The molecular weight excluding hydrogens is 234 g/mol. The van der Waals surface area contributed by atoms with E-state index in [9.17, 15) is 0 Å². The van der Waals surface area contributed by atoms with Gasteiger partial charge in [-0.3, -0.25) is 9.80 Å². The Morgan fingerprint density at radius 2 is 1.74 bits per heavy atom. The van der Waals surface area contributed by atoms with Gasteiger partial charge in [-0.2, -0.15) is 0 Å². The molecule has 0 amide bonds. The van der Waals surface area contributed by atoms with Crippen molar-refractivity contribution in [3.63, 3.8) is 0 Å². The molecule has 0 aromatic rings. The lowest BCUT2D eigenvalue weighted by Crippen LogP contribution is -2.54. The monoisotopic (exact) mass is 265 g/mol. The first-order valence-corrected chi connectivity index (χ1v) is 8.29. The second-order valence-electron chi connectivity index (χ2n) is 7.82. The minimum atomic E-state index is 0.404. The number of hydrogen-bond acceptors (Lipinski definition) is 3. The Morgan fingerprint density at radius 3 is 2.58 bits per heavy atom. The van der Waals surface area contributed by atoms with Crippen LogP contribution in [0.2, 0.25) is 0 Å². The minimum absolute atomic E-state index is 0.404. The van der Waals surface area contributed by atoms with Gasteiger partial charge < -0.3 is 5.73 Å². The topological polar surface area (TPSA) is 32.5 Å². The molecule has 2 N–H and O–H groups in total. The van der Waals surface area contributed by atoms with Crippen LogP contribution in [-0.4, -0.2) is 54.1 Å². The van der Waals surface area contributed by atoms with E-state index in [1.165, 1.54) is 64.7 Å². The molecule has 19 heavy (non-hydrogen) atoms. The van der Waals surface area contributed by atoms with Gasteiger partial charge in [-0.05, 0) is 63.6 Å². The van der Waals surface area contributed by atoms with Gasteiger partial charge in [0.2, 0.25) is 0 Å². The highest BCUT2D eigenvalue weighted by atomic mass is 15.3. The van der Waals surface area contributed by atoms with Gasteiger partial charge in [0, 0.05) is 24.7 Å². The van der Waals surface area contributed by atoms with Crippen LogP contribution in [0, 0.1) is 5.41 Å². The molecule has 3 nitrogen and oxygen atoms in total. The van der Waals surface area contributed by atoms with Crippen LogP contribution < -0.4 is 5.73 Å². The van der Waals surface area contributed by atoms with E-state index in [1.54, 1.807) is 0 Å². The van der Waals surface area contributed by atoms with Crippen molar-refractivity contribution >= 4 is 0 Å². The van der Waals surface area contributed by atoms with Crippen molar-refractivity contribution in [3.05, 3.63) is 0 Å². The zero-order valence-electron chi connectivity index (χ0n) is 12.8. The van der Waals surface area contributed by atoms with Gasteiger partial charge in [0.15, 0.2) is 0 Å². The van der Waals surface area contributed by atoms with Crippen LogP contribution in [0.4, 0.5) is 0 Å². The Hall–Kier alpha value is -0.120. The fourth-order valence-electron chi connectivity index (χ4n) is 4.51. The minimum Gasteiger partial charge on any atom is -0.326 e. The van der Waals surface area contributed by atoms with Crippen molar-refractivity contribution in [2.24, 2.45) is 11.1 Å². The lowest BCUT2D eigenvalue weighted by Gasteiger charge is -2.45. The Morgan fingerprint density at radius 1 is 1.00 bits per heavy atom. The fourth-order valence-corrected chi connectivity index (χ4v) is 4.51. The van der Waals surface area contributed by atoms with Crippen LogP contribution in [-0.2, 0) is 0 Å². The molecule has 2 aliphatic heterocycles. The summed E-state index contributed by atoms with van der Waals surface area (Å²) in [6, 6.07) is 1.85. The molecule has 0 aromatic carbocycles. The molecule has 3 heteroatoms. The van der Waals surface area contributed by atoms with Crippen LogP contribution in [0.25, 0.3) is 0 Å². The first-order valence-electron chi connectivity index (χ1n) is 8.29. The Bertz CT molecular complexity index is 315. The normalized spacial score (nSPS) is 40.9. The van der Waals surface area contributed by atoms with E-state index in [2.05, 4.69) is 23.6 Å². The molecule has 3 fully saturated rings. The van der Waals surface area contributed by atoms with Gasteiger partial charge in [-0.15, -0.1) is 0 Å². The van der Waals surface area contributed by atoms with E-state index in [-0.39, 0.29) is 0 Å². The maximum Gasteiger partial charge on any atom is 0.0252 e. The predicted octanol–water partition coefficient (Wildman–Crippen LogP) is 2.06. The van der Waals surface area contributed by atoms with Crippen LogP contribution in [0.3, 0.4) is 0 Å². The molecule has 0 aromatic heterocycles. The molecule has 3 rings (SSSR count). The van der Waals surface area contributed by atoms with Gasteiger partial charge in [-0.1, -0.05) is 13.8 Å². The molecule has 3 aliphatic rings. The third-order valence-electron chi connectivity index (χ3n) is 5.71. The van der Waals surface area contributed by atoms with Crippen molar-refractivity contribution in [2.75, 3.05) is 26.2 Å². The second kappa shape index (κ2) is 5.34. The zero-order chi connectivity index (χ0) is 13.5. The molecule has 0 radical (unpaired) electrons. The molecule has 3 atom stereocenters. The summed E-state index contributed by atoms with van der Waals surface area (Å²) in [5.74, 6) is 0. The number of hydrogen-bond donors (Lipinski definition) is 1. The Kier molecular flexibility index (Phi) is 3.89. The lowest BCUT2D eigenvalue weighted by molar-refractivity contribution is 0.0723. The molecule has 110 valence electrons. The smallest absolute Gasteiger partial charge is 0.0252 e. The average molecular weight is 265 g/mol. The first-order chi connectivity index (χ1) is 9.05. The third-order valence-corrected chi connectivity index (χ3v) is 5.71. The molecule has 0 spiro atoms. The molecular formula is C16H31N3. The summed E-state index contributed by atoms with van der Waals surface area (Å²) < 4.78 is 0. The van der Waals surface area contributed by atoms with Crippen LogP contribution in [0.15, 0.2) is 0 Å². The molecule has 1 saturated carbocycles. The van der Waals surface area contributed by atoms with Gasteiger partial charge in [0.25, 0.3) is 0 Å². The van der Waals surface area contributed by atoms with Crippen LogP contribution in [0.1, 0.15) is 52.4 Å². The van der Waals surface area contributed by atoms with Gasteiger partial charge >= 0.3 is 0 Å². The second-order valence-corrected chi connectivity index (χ2v) is 7.82. The molecule has 2 saturated heterocycles. The van der Waals surface area contributed by atoms with Crippen molar-refractivity contribution < 1.29 is 0 Å². The summed E-state index contributed by atoms with van der Waals surface area (Å²) in [6.45, 7) is 10.0. The van der Waals surface area contributed by atoms with Gasteiger partial charge in [0.1, 0.15) is 0 Å². The van der Waals surface area contributed by atoms with Crippen molar-refractivity contribution in [1.82, 2.24) is 9.80 Å². The van der Waals surface area contributed by atoms with Crippen LogP contribution >= 0.6 is 0 Å². The molecule has 3 unspecified atom stereocenters. The quantitative estimate of drug-likeness (QED) is 0.788. The summed E-state index contributed by atoms with van der Waals surface area (Å²) in [5, 5.41) is 0.